The number of hydrogen-bond donors (Lipinski definition) is 2. The third kappa shape index (κ3) is 3.17. The molecule has 1 unspecified atom stereocenters. The van der Waals surface area contributed by atoms with Crippen LogP contribution in [0, 0.1) is 5.41 Å². The molecule has 1 aliphatic rings. The molecule has 0 bridgehead atoms. The number of nitrogens with one attached hydrogen (secondary N) is 1. The number of nitrogen functional groups attached to an aromatic ring is 1. The summed E-state index contributed by atoms with van der Waals surface area (Å²) in [5.74, 6) is -0.518. The lowest BCUT2D eigenvalue weighted by Crippen LogP contribution is -2.20. The van der Waals surface area contributed by atoms with Crippen molar-refractivity contribution in [2.75, 3.05) is 13.2 Å². The van der Waals surface area contributed by atoms with E-state index in [1.165, 1.54) is 6.07 Å². The Hall–Kier alpha value is -1.76. The molecule has 1 fully saturated rings. The first kappa shape index (κ1) is 13.7. The van der Waals surface area contributed by atoms with Crippen molar-refractivity contribution in [2.45, 2.75) is 18.7 Å². The maximum atomic E-state index is 12.9. The normalized spacial score (nSPS) is 19.4. The zero-order valence-corrected chi connectivity index (χ0v) is 9.96. The average molecular weight is 274 g/mol. The summed E-state index contributed by atoms with van der Waals surface area (Å²) in [4.78, 5) is 0. The summed E-state index contributed by atoms with van der Waals surface area (Å²) in [6.45, 7) is 0.915. The van der Waals surface area contributed by atoms with Crippen LogP contribution in [0.5, 0.6) is 5.75 Å². The Kier molecular flexibility index (Phi) is 3.66. The van der Waals surface area contributed by atoms with Gasteiger partial charge in [-0.3, -0.25) is 5.41 Å². The molecule has 1 atom stereocenters. The van der Waals surface area contributed by atoms with Crippen molar-refractivity contribution < 1.29 is 22.6 Å². The van der Waals surface area contributed by atoms with Gasteiger partial charge in [0.25, 0.3) is 0 Å². The molecule has 7 heteroatoms. The molecule has 1 aromatic carbocycles. The van der Waals surface area contributed by atoms with Crippen LogP contribution in [0.4, 0.5) is 13.2 Å². The smallest absolute Gasteiger partial charge is 0.417 e. The van der Waals surface area contributed by atoms with Gasteiger partial charge >= 0.3 is 6.18 Å². The molecule has 0 amide bonds. The lowest BCUT2D eigenvalue weighted by Gasteiger charge is -2.16. The number of alkyl halides is 3. The fourth-order valence-electron chi connectivity index (χ4n) is 1.86. The largest absolute Gasteiger partial charge is 0.488 e. The van der Waals surface area contributed by atoms with Crippen molar-refractivity contribution in [1.29, 1.82) is 5.41 Å². The van der Waals surface area contributed by atoms with Gasteiger partial charge in [-0.15, -0.1) is 0 Å². The molecule has 1 saturated heterocycles. The van der Waals surface area contributed by atoms with Crippen molar-refractivity contribution >= 4 is 5.84 Å². The summed E-state index contributed by atoms with van der Waals surface area (Å²) in [7, 11) is 0. The zero-order chi connectivity index (χ0) is 14.0. The molecule has 104 valence electrons. The van der Waals surface area contributed by atoms with Gasteiger partial charge in [0.1, 0.15) is 17.7 Å². The highest BCUT2D eigenvalue weighted by Crippen LogP contribution is 2.34. The summed E-state index contributed by atoms with van der Waals surface area (Å²) in [5.41, 5.74) is 3.84. The number of amidine groups is 1. The summed E-state index contributed by atoms with van der Waals surface area (Å²) in [6, 6.07) is 3.40. The molecule has 0 aromatic heterocycles. The van der Waals surface area contributed by atoms with Crippen molar-refractivity contribution in [3.8, 4) is 5.75 Å². The van der Waals surface area contributed by atoms with Gasteiger partial charge in [-0.2, -0.15) is 13.2 Å². The van der Waals surface area contributed by atoms with Crippen molar-refractivity contribution in [3.63, 3.8) is 0 Å². The van der Waals surface area contributed by atoms with Crippen LogP contribution in [-0.2, 0) is 10.9 Å². The van der Waals surface area contributed by atoms with E-state index in [1.807, 2.05) is 0 Å². The van der Waals surface area contributed by atoms with Gasteiger partial charge in [0.2, 0.25) is 0 Å². The molecule has 0 radical (unpaired) electrons. The number of benzene rings is 1. The van der Waals surface area contributed by atoms with Gasteiger partial charge in [0.15, 0.2) is 0 Å². The van der Waals surface area contributed by atoms with Gasteiger partial charge in [0.05, 0.1) is 18.8 Å². The second-order valence-electron chi connectivity index (χ2n) is 4.22. The summed E-state index contributed by atoms with van der Waals surface area (Å²) in [6.07, 6.45) is -4.16. The highest BCUT2D eigenvalue weighted by atomic mass is 19.4. The molecule has 0 aliphatic carbocycles. The molecular weight excluding hydrogens is 261 g/mol. The van der Waals surface area contributed by atoms with E-state index in [1.54, 1.807) is 0 Å². The molecule has 1 aliphatic heterocycles. The number of ether oxygens (including phenoxy) is 2. The second kappa shape index (κ2) is 5.08. The monoisotopic (exact) mass is 274 g/mol. The molecule has 0 spiro atoms. The molecule has 0 saturated carbocycles. The second-order valence-corrected chi connectivity index (χ2v) is 4.22. The quantitative estimate of drug-likeness (QED) is 0.655. The fourth-order valence-corrected chi connectivity index (χ4v) is 1.86. The van der Waals surface area contributed by atoms with Gasteiger partial charge in [-0.05, 0) is 18.2 Å². The maximum absolute atomic E-state index is 12.9. The minimum Gasteiger partial charge on any atom is -0.488 e. The van der Waals surface area contributed by atoms with E-state index < -0.39 is 17.6 Å². The van der Waals surface area contributed by atoms with Crippen molar-refractivity contribution in [1.82, 2.24) is 0 Å². The van der Waals surface area contributed by atoms with Crippen LogP contribution in [0.15, 0.2) is 18.2 Å². The van der Waals surface area contributed by atoms with Crippen LogP contribution in [-0.4, -0.2) is 25.2 Å². The zero-order valence-electron chi connectivity index (χ0n) is 9.96. The van der Waals surface area contributed by atoms with E-state index in [2.05, 4.69) is 0 Å². The van der Waals surface area contributed by atoms with Gasteiger partial charge in [-0.1, -0.05) is 0 Å². The van der Waals surface area contributed by atoms with Gasteiger partial charge in [-0.25, -0.2) is 0 Å². The summed E-state index contributed by atoms with van der Waals surface area (Å²) < 4.78 is 49.1. The molecule has 2 rings (SSSR count). The third-order valence-corrected chi connectivity index (χ3v) is 2.78. The SMILES string of the molecule is N=C(N)c1ccc(OC2CCOC2)cc1C(F)(F)F. The van der Waals surface area contributed by atoms with Gasteiger partial charge in [0, 0.05) is 12.0 Å². The number of halogens is 3. The Balaban J connectivity index is 2.29. The van der Waals surface area contributed by atoms with Crippen LogP contribution in [0.25, 0.3) is 0 Å². The summed E-state index contributed by atoms with van der Waals surface area (Å²) >= 11 is 0. The van der Waals surface area contributed by atoms with E-state index in [9.17, 15) is 13.2 Å². The first-order valence-corrected chi connectivity index (χ1v) is 5.68. The topological polar surface area (TPSA) is 68.3 Å². The lowest BCUT2D eigenvalue weighted by molar-refractivity contribution is -0.137. The van der Waals surface area contributed by atoms with Crippen LogP contribution in [0.1, 0.15) is 17.5 Å². The van der Waals surface area contributed by atoms with Crippen LogP contribution >= 0.6 is 0 Å². The Labute approximate surface area is 107 Å². The third-order valence-electron chi connectivity index (χ3n) is 2.78. The molecule has 4 nitrogen and oxygen atoms in total. The Morgan fingerprint density at radius 1 is 1.42 bits per heavy atom. The minimum absolute atomic E-state index is 0.104. The van der Waals surface area contributed by atoms with E-state index >= 15 is 0 Å². The Bertz CT molecular complexity index is 482. The van der Waals surface area contributed by atoms with E-state index in [-0.39, 0.29) is 17.4 Å². The van der Waals surface area contributed by atoms with Crippen LogP contribution in [0.3, 0.4) is 0 Å². The number of hydrogen-bond acceptors (Lipinski definition) is 3. The maximum Gasteiger partial charge on any atom is 0.417 e. The van der Waals surface area contributed by atoms with E-state index in [0.717, 1.165) is 12.1 Å². The average Bonchev–Trinajstić information content (AvgIpc) is 2.80. The molecule has 1 aromatic rings. The Morgan fingerprint density at radius 2 is 2.16 bits per heavy atom. The number of rotatable bonds is 3. The van der Waals surface area contributed by atoms with Crippen molar-refractivity contribution in [2.24, 2.45) is 5.73 Å². The predicted octanol–water partition coefficient (Wildman–Crippen LogP) is 2.16. The Morgan fingerprint density at radius 3 is 2.68 bits per heavy atom. The highest BCUT2D eigenvalue weighted by Gasteiger charge is 2.34. The van der Waals surface area contributed by atoms with Gasteiger partial charge < -0.3 is 15.2 Å². The molecular formula is C12H13F3N2O2. The molecule has 3 N–H and O–H groups in total. The first-order valence-electron chi connectivity index (χ1n) is 5.68. The van der Waals surface area contributed by atoms with Crippen LogP contribution < -0.4 is 10.5 Å². The fraction of sp³-hybridized carbons (Fsp3) is 0.417. The van der Waals surface area contributed by atoms with E-state index in [4.69, 9.17) is 20.6 Å². The minimum atomic E-state index is -4.58. The summed E-state index contributed by atoms with van der Waals surface area (Å²) in [5, 5.41) is 7.17. The lowest BCUT2D eigenvalue weighted by atomic mass is 10.1. The molecule has 1 heterocycles. The number of nitrogens with two attached hydrogens (primary N) is 1. The predicted molar refractivity (Wildman–Crippen MR) is 62.3 cm³/mol. The highest BCUT2D eigenvalue weighted by molar-refractivity contribution is 5.96. The van der Waals surface area contributed by atoms with E-state index in [0.29, 0.717) is 19.6 Å². The molecule has 19 heavy (non-hydrogen) atoms. The standard InChI is InChI=1S/C12H13F3N2O2/c13-12(14,15)10-5-7(1-2-9(10)11(16)17)19-8-3-4-18-6-8/h1-2,5,8H,3-4,6H2,(H3,16,17). The van der Waals surface area contributed by atoms with Crippen molar-refractivity contribution in [3.05, 3.63) is 29.3 Å². The first-order chi connectivity index (χ1) is 8.88. The van der Waals surface area contributed by atoms with Crippen LogP contribution in [0.2, 0.25) is 0 Å².